The van der Waals surface area contributed by atoms with Gasteiger partial charge in [-0.15, -0.1) is 22.9 Å². The molecule has 1 unspecified atom stereocenters. The Morgan fingerprint density at radius 3 is 2.38 bits per heavy atom. The van der Waals surface area contributed by atoms with Crippen molar-refractivity contribution >= 4 is 34.5 Å². The number of alkyl halides is 3. The van der Waals surface area contributed by atoms with Crippen LogP contribution < -0.4 is 0 Å². The van der Waals surface area contributed by atoms with Crippen LogP contribution in [0.1, 0.15) is 22.7 Å². The Morgan fingerprint density at radius 1 is 1.54 bits per heavy atom. The van der Waals surface area contributed by atoms with Crippen LogP contribution in [0, 0.1) is 6.92 Å². The van der Waals surface area contributed by atoms with Gasteiger partial charge < -0.3 is 0 Å². The van der Waals surface area contributed by atoms with Crippen LogP contribution >= 0.6 is 34.5 Å². The van der Waals surface area contributed by atoms with E-state index in [1.165, 1.54) is 0 Å². The summed E-state index contributed by atoms with van der Waals surface area (Å²) in [5, 5.41) is -1.29. The first-order chi connectivity index (χ1) is 5.82. The summed E-state index contributed by atoms with van der Waals surface area (Å²) in [4.78, 5) is 0.414. The first kappa shape index (κ1) is 11.2. The molecule has 0 bridgehead atoms. The molecule has 0 aliphatic carbocycles. The van der Waals surface area contributed by atoms with Gasteiger partial charge in [0.05, 0.1) is 4.34 Å². The molecule has 0 amide bonds. The van der Waals surface area contributed by atoms with Crippen LogP contribution in [0.25, 0.3) is 0 Å². The van der Waals surface area contributed by atoms with Crippen LogP contribution in [0.5, 0.6) is 0 Å². The van der Waals surface area contributed by atoms with Gasteiger partial charge in [-0.25, -0.2) is 8.78 Å². The first-order valence-electron chi connectivity index (χ1n) is 3.60. The second-order valence-corrected chi connectivity index (χ2v) is 5.05. The number of halogens is 4. The average Bonchev–Trinajstić information content (AvgIpc) is 2.29. The summed E-state index contributed by atoms with van der Waals surface area (Å²) in [6, 6.07) is 1.60. The van der Waals surface area contributed by atoms with Crippen molar-refractivity contribution in [3.8, 4) is 0 Å². The van der Waals surface area contributed by atoms with E-state index in [-0.39, 0.29) is 0 Å². The Kier molecular flexibility index (Phi) is 3.20. The molecular weight excluding hydrogens is 237 g/mol. The van der Waals surface area contributed by atoms with Crippen molar-refractivity contribution in [1.29, 1.82) is 0 Å². The predicted molar refractivity (Wildman–Crippen MR) is 53.3 cm³/mol. The molecule has 1 aromatic heterocycles. The molecule has 1 aromatic rings. The van der Waals surface area contributed by atoms with Crippen LogP contribution in [-0.4, -0.2) is 5.92 Å². The molecule has 5 heteroatoms. The number of aryl methyl sites for hydroxylation is 1. The molecule has 0 aliphatic heterocycles. The number of rotatable bonds is 2. The van der Waals surface area contributed by atoms with Crippen LogP contribution in [0.4, 0.5) is 8.78 Å². The maximum Gasteiger partial charge on any atom is 0.266 e. The highest BCUT2D eigenvalue weighted by Crippen LogP contribution is 2.42. The molecule has 0 fully saturated rings. The highest BCUT2D eigenvalue weighted by atomic mass is 35.5. The van der Waals surface area contributed by atoms with E-state index in [0.29, 0.717) is 9.21 Å². The van der Waals surface area contributed by atoms with Crippen LogP contribution in [0.15, 0.2) is 6.07 Å². The molecular formula is C8H8Cl2F2S. The molecule has 0 saturated carbocycles. The summed E-state index contributed by atoms with van der Waals surface area (Å²) >= 11 is 12.4. The predicted octanol–water partition coefficient (Wildman–Crippen LogP) is 4.65. The Balaban J connectivity index is 2.96. The summed E-state index contributed by atoms with van der Waals surface area (Å²) in [5.41, 5.74) is 0.788. The summed E-state index contributed by atoms with van der Waals surface area (Å²) in [5.74, 6) is -2.91. The minimum atomic E-state index is -2.91. The largest absolute Gasteiger partial charge is 0.266 e. The Morgan fingerprint density at radius 2 is 2.08 bits per heavy atom. The van der Waals surface area contributed by atoms with Crippen molar-refractivity contribution in [3.05, 3.63) is 20.8 Å². The zero-order valence-corrected chi connectivity index (χ0v) is 9.40. The van der Waals surface area contributed by atoms with Crippen LogP contribution in [-0.2, 0) is 0 Å². The molecule has 0 radical (unpaired) electrons. The lowest BCUT2D eigenvalue weighted by molar-refractivity contribution is 0.0178. The van der Waals surface area contributed by atoms with E-state index in [1.54, 1.807) is 13.0 Å². The maximum atomic E-state index is 12.8. The summed E-state index contributed by atoms with van der Waals surface area (Å²) < 4.78 is 26.1. The van der Waals surface area contributed by atoms with Crippen molar-refractivity contribution in [2.24, 2.45) is 0 Å². The summed E-state index contributed by atoms with van der Waals surface area (Å²) in [6.45, 7) is 2.56. The Hall–Kier alpha value is 0.140. The van der Waals surface area contributed by atoms with Crippen LogP contribution in [0.3, 0.4) is 0 Å². The number of hydrogen-bond acceptors (Lipinski definition) is 1. The SMILES string of the molecule is Cc1cc(C(Cl)C(C)(F)F)sc1Cl. The van der Waals surface area contributed by atoms with Gasteiger partial charge in [-0.05, 0) is 18.6 Å². The van der Waals surface area contributed by atoms with Gasteiger partial charge in [0.25, 0.3) is 5.92 Å². The van der Waals surface area contributed by atoms with Gasteiger partial charge in [-0.3, -0.25) is 0 Å². The fourth-order valence-electron chi connectivity index (χ4n) is 0.858. The van der Waals surface area contributed by atoms with Crippen molar-refractivity contribution in [1.82, 2.24) is 0 Å². The highest BCUT2D eigenvalue weighted by Gasteiger charge is 2.35. The van der Waals surface area contributed by atoms with Crippen molar-refractivity contribution < 1.29 is 8.78 Å². The van der Waals surface area contributed by atoms with Crippen molar-refractivity contribution in [2.75, 3.05) is 0 Å². The molecule has 1 rings (SSSR count). The quantitative estimate of drug-likeness (QED) is 0.665. The van der Waals surface area contributed by atoms with E-state index < -0.39 is 11.3 Å². The lowest BCUT2D eigenvalue weighted by atomic mass is 10.2. The zero-order chi connectivity index (χ0) is 10.2. The van der Waals surface area contributed by atoms with E-state index in [0.717, 1.165) is 23.8 Å². The van der Waals surface area contributed by atoms with E-state index in [1.807, 2.05) is 0 Å². The van der Waals surface area contributed by atoms with Crippen LogP contribution in [0.2, 0.25) is 4.34 Å². The first-order valence-corrected chi connectivity index (χ1v) is 5.23. The molecule has 1 heterocycles. The van der Waals surface area contributed by atoms with E-state index in [2.05, 4.69) is 0 Å². The van der Waals surface area contributed by atoms with Gasteiger partial charge in [-0.1, -0.05) is 11.6 Å². The van der Waals surface area contributed by atoms with E-state index >= 15 is 0 Å². The minimum absolute atomic E-state index is 0.414. The molecule has 13 heavy (non-hydrogen) atoms. The highest BCUT2D eigenvalue weighted by molar-refractivity contribution is 7.16. The lowest BCUT2D eigenvalue weighted by Crippen LogP contribution is -2.16. The average molecular weight is 245 g/mol. The van der Waals surface area contributed by atoms with E-state index in [9.17, 15) is 8.78 Å². The summed E-state index contributed by atoms with van der Waals surface area (Å²) in [7, 11) is 0. The van der Waals surface area contributed by atoms with Crippen molar-refractivity contribution in [3.63, 3.8) is 0 Å². The van der Waals surface area contributed by atoms with E-state index in [4.69, 9.17) is 23.2 Å². The molecule has 74 valence electrons. The molecule has 0 saturated heterocycles. The Bertz CT molecular complexity index is 284. The van der Waals surface area contributed by atoms with Crippen molar-refractivity contribution in [2.45, 2.75) is 25.1 Å². The van der Waals surface area contributed by atoms with Gasteiger partial charge in [0.15, 0.2) is 0 Å². The monoisotopic (exact) mass is 244 g/mol. The number of thiophene rings is 1. The lowest BCUT2D eigenvalue weighted by Gasteiger charge is -2.15. The maximum absolute atomic E-state index is 12.8. The number of hydrogen-bond donors (Lipinski definition) is 0. The zero-order valence-electron chi connectivity index (χ0n) is 7.07. The third kappa shape index (κ3) is 2.55. The molecule has 0 aromatic carbocycles. The topological polar surface area (TPSA) is 0 Å². The standard InChI is InChI=1S/C8H8Cl2F2S/c1-4-3-5(13-7(4)10)6(9)8(2,11)12/h3,6H,1-2H3. The second kappa shape index (κ2) is 3.71. The Labute approximate surface area is 89.5 Å². The van der Waals surface area contributed by atoms with Gasteiger partial charge in [0, 0.05) is 11.8 Å². The second-order valence-electron chi connectivity index (χ2n) is 2.92. The fraction of sp³-hybridized carbons (Fsp3) is 0.500. The molecule has 1 atom stereocenters. The molecule has 0 spiro atoms. The smallest absolute Gasteiger partial charge is 0.205 e. The third-order valence-electron chi connectivity index (χ3n) is 1.57. The van der Waals surface area contributed by atoms with Gasteiger partial charge in [0.2, 0.25) is 0 Å². The van der Waals surface area contributed by atoms with Gasteiger partial charge >= 0.3 is 0 Å². The normalized spacial score (nSPS) is 14.6. The third-order valence-corrected chi connectivity index (χ3v) is 3.94. The minimum Gasteiger partial charge on any atom is -0.205 e. The molecule has 0 aliphatic rings. The van der Waals surface area contributed by atoms with Gasteiger partial charge in [-0.2, -0.15) is 0 Å². The molecule has 0 N–H and O–H groups in total. The van der Waals surface area contributed by atoms with Gasteiger partial charge in [0.1, 0.15) is 5.38 Å². The summed E-state index contributed by atoms with van der Waals surface area (Å²) in [6.07, 6.45) is 0. The fourth-order valence-corrected chi connectivity index (χ4v) is 2.35. The molecule has 0 nitrogen and oxygen atoms in total.